The van der Waals surface area contributed by atoms with E-state index in [-0.39, 0.29) is 22.8 Å². The number of carbonyl (C=O) groups excluding carboxylic acids is 2. The fourth-order valence-corrected chi connectivity index (χ4v) is 3.25. The summed E-state index contributed by atoms with van der Waals surface area (Å²) in [6, 6.07) is 9.70. The van der Waals surface area contributed by atoms with Crippen LogP contribution in [0.4, 0.5) is 5.82 Å². The Bertz CT molecular complexity index is 937. The lowest BCUT2D eigenvalue weighted by molar-refractivity contribution is -0.118. The molecule has 1 aromatic carbocycles. The van der Waals surface area contributed by atoms with Crippen LogP contribution in [0.5, 0.6) is 0 Å². The first-order valence-corrected chi connectivity index (χ1v) is 10.2. The first-order valence-electron chi connectivity index (χ1n) is 9.15. The minimum Gasteiger partial charge on any atom is -0.360 e. The Hall–Kier alpha value is -3.07. The van der Waals surface area contributed by atoms with Crippen LogP contribution in [0.25, 0.3) is 0 Å². The molecule has 0 aliphatic rings. The van der Waals surface area contributed by atoms with Crippen molar-refractivity contribution in [2.75, 3.05) is 11.1 Å². The van der Waals surface area contributed by atoms with Gasteiger partial charge in [0.25, 0.3) is 0 Å². The summed E-state index contributed by atoms with van der Waals surface area (Å²) in [6.45, 7) is 4.71. The van der Waals surface area contributed by atoms with Gasteiger partial charge >= 0.3 is 0 Å². The van der Waals surface area contributed by atoms with E-state index in [2.05, 4.69) is 20.8 Å². The number of imidazole rings is 1. The van der Waals surface area contributed by atoms with Gasteiger partial charge in [-0.1, -0.05) is 29.4 Å². The molecular weight excluding hydrogens is 390 g/mol. The van der Waals surface area contributed by atoms with Crippen molar-refractivity contribution < 1.29 is 14.1 Å². The molecule has 9 heteroatoms. The number of amides is 2. The molecule has 2 amide bonds. The van der Waals surface area contributed by atoms with Crippen LogP contribution < -0.4 is 10.6 Å². The number of aryl methyl sites for hydroxylation is 1. The number of nitrogens with one attached hydrogen (secondary N) is 2. The molecule has 0 saturated carbocycles. The van der Waals surface area contributed by atoms with Gasteiger partial charge in [-0.05, 0) is 25.0 Å². The van der Waals surface area contributed by atoms with Gasteiger partial charge in [-0.15, -0.1) is 11.8 Å². The summed E-state index contributed by atoms with van der Waals surface area (Å²) in [7, 11) is 0. The number of rotatable bonds is 9. The number of aromatic nitrogens is 3. The summed E-state index contributed by atoms with van der Waals surface area (Å²) >= 11 is 1.27. The molecule has 0 saturated heterocycles. The van der Waals surface area contributed by atoms with Gasteiger partial charge in [0, 0.05) is 31.5 Å². The molecule has 29 heavy (non-hydrogen) atoms. The van der Waals surface area contributed by atoms with Crippen LogP contribution in [0.2, 0.25) is 0 Å². The second-order valence-corrected chi connectivity index (χ2v) is 7.92. The Labute approximate surface area is 173 Å². The lowest BCUT2D eigenvalue weighted by Gasteiger charge is -2.11. The molecule has 8 nitrogen and oxygen atoms in total. The average Bonchev–Trinajstić information content (AvgIpc) is 3.37. The number of anilines is 1. The number of hydrogen-bond acceptors (Lipinski definition) is 6. The van der Waals surface area contributed by atoms with Crippen LogP contribution in [-0.2, 0) is 22.7 Å². The van der Waals surface area contributed by atoms with Gasteiger partial charge in [-0.3, -0.25) is 9.59 Å². The minimum absolute atomic E-state index is 0.116. The molecule has 3 aromatic rings. The van der Waals surface area contributed by atoms with Crippen LogP contribution in [-0.4, -0.2) is 37.5 Å². The molecule has 152 valence electrons. The fraction of sp³-hybridized carbons (Fsp3) is 0.300. The molecule has 2 aromatic heterocycles. The third-order valence-electron chi connectivity index (χ3n) is 4.15. The predicted octanol–water partition coefficient (Wildman–Crippen LogP) is 2.60. The molecule has 0 aliphatic heterocycles. The van der Waals surface area contributed by atoms with E-state index >= 15 is 0 Å². The van der Waals surface area contributed by atoms with Crippen LogP contribution in [0, 0.1) is 6.92 Å². The summed E-state index contributed by atoms with van der Waals surface area (Å²) < 4.78 is 6.91. The molecule has 0 spiro atoms. The van der Waals surface area contributed by atoms with E-state index in [1.54, 1.807) is 32.4 Å². The molecule has 2 N–H and O–H groups in total. The van der Waals surface area contributed by atoms with Gasteiger partial charge < -0.3 is 19.7 Å². The van der Waals surface area contributed by atoms with Crippen molar-refractivity contribution in [2.45, 2.75) is 32.2 Å². The van der Waals surface area contributed by atoms with Crippen molar-refractivity contribution in [3.8, 4) is 0 Å². The van der Waals surface area contributed by atoms with Gasteiger partial charge in [-0.25, -0.2) is 4.98 Å². The highest BCUT2D eigenvalue weighted by Gasteiger charge is 2.16. The monoisotopic (exact) mass is 413 g/mol. The summed E-state index contributed by atoms with van der Waals surface area (Å²) in [5.74, 6) is 0.861. The molecule has 3 rings (SSSR count). The second-order valence-electron chi connectivity index (χ2n) is 6.59. The predicted molar refractivity (Wildman–Crippen MR) is 111 cm³/mol. The SMILES string of the molecule is Cc1cc(NC(=O)C(C)SCC(=O)NCc2ccc(Cn3ccnc3)cc2)no1. The van der Waals surface area contributed by atoms with E-state index in [1.165, 1.54) is 11.8 Å². The Morgan fingerprint density at radius 3 is 2.66 bits per heavy atom. The second kappa shape index (κ2) is 9.92. The summed E-state index contributed by atoms with van der Waals surface area (Å²) in [5.41, 5.74) is 2.18. The Morgan fingerprint density at radius 1 is 1.24 bits per heavy atom. The molecule has 0 fully saturated rings. The average molecular weight is 414 g/mol. The van der Waals surface area contributed by atoms with Crippen LogP contribution >= 0.6 is 11.8 Å². The van der Waals surface area contributed by atoms with Gasteiger partial charge in [0.2, 0.25) is 11.8 Å². The molecule has 0 aliphatic carbocycles. The highest BCUT2D eigenvalue weighted by Crippen LogP contribution is 2.14. The van der Waals surface area contributed by atoms with Crippen LogP contribution in [0.15, 0.2) is 53.6 Å². The molecule has 0 bridgehead atoms. The highest BCUT2D eigenvalue weighted by atomic mass is 32.2. The number of hydrogen-bond donors (Lipinski definition) is 2. The lowest BCUT2D eigenvalue weighted by Crippen LogP contribution is -2.28. The zero-order valence-corrected chi connectivity index (χ0v) is 17.1. The first-order chi connectivity index (χ1) is 14.0. The molecule has 1 unspecified atom stereocenters. The standard InChI is InChI=1S/C20H23N5O3S/c1-14-9-18(24-28-14)23-20(27)15(2)29-12-19(26)22-10-16-3-5-17(6-4-16)11-25-8-7-21-13-25/h3-9,13,15H,10-12H2,1-2H3,(H,22,26)(H,23,24,27). The van der Waals surface area contributed by atoms with E-state index in [9.17, 15) is 9.59 Å². The molecule has 0 radical (unpaired) electrons. The van der Waals surface area contributed by atoms with E-state index < -0.39 is 0 Å². The fourth-order valence-electron chi connectivity index (χ4n) is 2.53. The number of benzene rings is 1. The molecule has 2 heterocycles. The highest BCUT2D eigenvalue weighted by molar-refractivity contribution is 8.01. The Kier molecular flexibility index (Phi) is 7.07. The van der Waals surface area contributed by atoms with E-state index in [0.29, 0.717) is 18.1 Å². The molecule has 1 atom stereocenters. The topological polar surface area (TPSA) is 102 Å². The maximum Gasteiger partial charge on any atom is 0.238 e. The van der Waals surface area contributed by atoms with Crippen molar-refractivity contribution in [1.82, 2.24) is 20.0 Å². The van der Waals surface area contributed by atoms with Crippen molar-refractivity contribution in [1.29, 1.82) is 0 Å². The normalized spacial score (nSPS) is 11.8. The van der Waals surface area contributed by atoms with Crippen molar-refractivity contribution >= 4 is 29.4 Å². The van der Waals surface area contributed by atoms with Crippen LogP contribution in [0.1, 0.15) is 23.8 Å². The van der Waals surface area contributed by atoms with Gasteiger partial charge in [0.1, 0.15) is 5.76 Å². The van der Waals surface area contributed by atoms with Crippen molar-refractivity contribution in [2.24, 2.45) is 0 Å². The van der Waals surface area contributed by atoms with E-state index in [0.717, 1.165) is 17.7 Å². The van der Waals surface area contributed by atoms with Crippen molar-refractivity contribution in [3.05, 3.63) is 65.9 Å². The minimum atomic E-state index is -0.389. The Balaban J connectivity index is 1.37. The van der Waals surface area contributed by atoms with E-state index in [4.69, 9.17) is 4.52 Å². The number of thioether (sulfide) groups is 1. The smallest absolute Gasteiger partial charge is 0.238 e. The number of carbonyl (C=O) groups is 2. The largest absolute Gasteiger partial charge is 0.360 e. The summed E-state index contributed by atoms with van der Waals surface area (Å²) in [6.07, 6.45) is 5.45. The zero-order chi connectivity index (χ0) is 20.6. The van der Waals surface area contributed by atoms with Gasteiger partial charge in [0.15, 0.2) is 5.82 Å². The maximum absolute atomic E-state index is 12.1. The van der Waals surface area contributed by atoms with Gasteiger partial charge in [-0.2, -0.15) is 0 Å². The first kappa shape index (κ1) is 20.7. The quantitative estimate of drug-likeness (QED) is 0.559. The third-order valence-corrected chi connectivity index (χ3v) is 5.29. The van der Waals surface area contributed by atoms with E-state index in [1.807, 2.05) is 35.0 Å². The molecular formula is C20H23N5O3S. The maximum atomic E-state index is 12.1. The van der Waals surface area contributed by atoms with Gasteiger partial charge in [0.05, 0.1) is 17.3 Å². The lowest BCUT2D eigenvalue weighted by atomic mass is 10.1. The third kappa shape index (κ3) is 6.49. The summed E-state index contributed by atoms with van der Waals surface area (Å²) in [4.78, 5) is 28.2. The Morgan fingerprint density at radius 2 is 2.00 bits per heavy atom. The summed E-state index contributed by atoms with van der Waals surface area (Å²) in [5, 5.41) is 8.87. The van der Waals surface area contributed by atoms with Crippen LogP contribution in [0.3, 0.4) is 0 Å². The zero-order valence-electron chi connectivity index (χ0n) is 16.3. The number of nitrogens with zero attached hydrogens (tertiary/aromatic N) is 3. The van der Waals surface area contributed by atoms with Crippen molar-refractivity contribution in [3.63, 3.8) is 0 Å².